The van der Waals surface area contributed by atoms with E-state index < -0.39 is 0 Å². The number of aromatic nitrogens is 1. The monoisotopic (exact) mass is 262 g/mol. The number of ether oxygens (including phenoxy) is 2. The van der Waals surface area contributed by atoms with Crippen LogP contribution >= 0.6 is 11.3 Å². The Labute approximate surface area is 109 Å². The second-order valence-electron chi connectivity index (χ2n) is 4.17. The van der Waals surface area contributed by atoms with Crippen LogP contribution in [-0.2, 0) is 0 Å². The average molecular weight is 262 g/mol. The van der Waals surface area contributed by atoms with Gasteiger partial charge in [0.2, 0.25) is 0 Å². The molecule has 0 saturated heterocycles. The summed E-state index contributed by atoms with van der Waals surface area (Å²) in [5, 5.41) is 3.02. The predicted molar refractivity (Wildman–Crippen MR) is 70.3 cm³/mol. The number of nitrogens with zero attached hydrogens (tertiary/aromatic N) is 1. The second kappa shape index (κ2) is 4.59. The summed E-state index contributed by atoms with van der Waals surface area (Å²) in [4.78, 5) is 4.42. The van der Waals surface area contributed by atoms with E-state index in [4.69, 9.17) is 15.2 Å². The highest BCUT2D eigenvalue weighted by molar-refractivity contribution is 7.09. The minimum Gasteiger partial charge on any atom is -0.486 e. The summed E-state index contributed by atoms with van der Waals surface area (Å²) in [7, 11) is 0. The first-order valence-electron chi connectivity index (χ1n) is 5.81. The molecule has 1 unspecified atom stereocenters. The summed E-state index contributed by atoms with van der Waals surface area (Å²) in [5.74, 6) is 1.55. The molecule has 4 nitrogen and oxygen atoms in total. The van der Waals surface area contributed by atoms with Gasteiger partial charge in [0, 0.05) is 5.38 Å². The molecule has 2 aromatic rings. The number of hydrogen-bond acceptors (Lipinski definition) is 5. The second-order valence-corrected chi connectivity index (χ2v) is 5.23. The first-order chi connectivity index (χ1) is 8.74. The van der Waals surface area contributed by atoms with E-state index >= 15 is 0 Å². The number of benzene rings is 1. The number of nitrogens with two attached hydrogens (primary N) is 1. The Kier molecular flexibility index (Phi) is 2.93. The molecular formula is C13H14N2O2S. The summed E-state index contributed by atoms with van der Waals surface area (Å²) in [6.07, 6.45) is 0. The number of fused-ring (bicyclic) bond motifs is 1. The van der Waals surface area contributed by atoms with Crippen molar-refractivity contribution in [1.29, 1.82) is 0 Å². The van der Waals surface area contributed by atoms with Gasteiger partial charge in [0.05, 0.1) is 16.7 Å². The molecule has 0 aliphatic carbocycles. The van der Waals surface area contributed by atoms with Crippen molar-refractivity contribution >= 4 is 11.3 Å². The van der Waals surface area contributed by atoms with Crippen LogP contribution in [0, 0.1) is 6.92 Å². The van der Waals surface area contributed by atoms with Crippen LogP contribution in [0.2, 0.25) is 0 Å². The van der Waals surface area contributed by atoms with Crippen molar-refractivity contribution in [2.75, 3.05) is 13.2 Å². The first kappa shape index (κ1) is 11.5. The number of thiazole rings is 1. The molecule has 1 aromatic heterocycles. The van der Waals surface area contributed by atoms with Crippen molar-refractivity contribution in [3.05, 3.63) is 39.8 Å². The van der Waals surface area contributed by atoms with Crippen LogP contribution in [-0.4, -0.2) is 18.2 Å². The summed E-state index contributed by atoms with van der Waals surface area (Å²) in [6.45, 7) is 3.16. The van der Waals surface area contributed by atoms with E-state index in [0.29, 0.717) is 13.2 Å². The zero-order valence-corrected chi connectivity index (χ0v) is 10.9. The quantitative estimate of drug-likeness (QED) is 0.902. The van der Waals surface area contributed by atoms with Crippen molar-refractivity contribution in [1.82, 2.24) is 4.98 Å². The molecule has 1 aliphatic rings. The van der Waals surface area contributed by atoms with Crippen LogP contribution in [0.5, 0.6) is 11.5 Å². The van der Waals surface area contributed by atoms with Crippen molar-refractivity contribution < 1.29 is 9.47 Å². The Bertz CT molecular complexity index is 568. The van der Waals surface area contributed by atoms with Crippen LogP contribution in [0.1, 0.15) is 22.3 Å². The van der Waals surface area contributed by atoms with Crippen LogP contribution in [0.25, 0.3) is 0 Å². The SMILES string of the molecule is Cc1nc(C(N)c2ccc3c(c2)OCCO3)cs1. The van der Waals surface area contributed by atoms with Gasteiger partial charge in [0.1, 0.15) is 13.2 Å². The molecule has 0 radical (unpaired) electrons. The van der Waals surface area contributed by atoms with Gasteiger partial charge in [-0.25, -0.2) is 4.98 Å². The normalized spacial score (nSPS) is 15.4. The van der Waals surface area contributed by atoms with Crippen LogP contribution in [0.4, 0.5) is 0 Å². The zero-order valence-electron chi connectivity index (χ0n) is 10.1. The van der Waals surface area contributed by atoms with E-state index in [9.17, 15) is 0 Å². The summed E-state index contributed by atoms with van der Waals surface area (Å²) in [6, 6.07) is 5.59. The molecular weight excluding hydrogens is 248 g/mol. The minimum absolute atomic E-state index is 0.217. The standard InChI is InChI=1S/C13H14N2O2S/c1-8-15-10(7-18-8)13(14)9-2-3-11-12(6-9)17-5-4-16-11/h2-3,6-7,13H,4-5,14H2,1H3. The van der Waals surface area contributed by atoms with Crippen molar-refractivity contribution in [2.24, 2.45) is 5.73 Å². The maximum Gasteiger partial charge on any atom is 0.161 e. The third-order valence-corrected chi connectivity index (χ3v) is 3.67. The lowest BCUT2D eigenvalue weighted by molar-refractivity contribution is 0.171. The van der Waals surface area contributed by atoms with E-state index in [1.165, 1.54) is 0 Å². The number of rotatable bonds is 2. The molecule has 94 valence electrons. The Balaban J connectivity index is 1.92. The van der Waals surface area contributed by atoms with Gasteiger partial charge in [-0.15, -0.1) is 11.3 Å². The molecule has 1 atom stereocenters. The van der Waals surface area contributed by atoms with E-state index in [-0.39, 0.29) is 6.04 Å². The van der Waals surface area contributed by atoms with E-state index in [0.717, 1.165) is 27.8 Å². The summed E-state index contributed by atoms with van der Waals surface area (Å²) >= 11 is 1.61. The van der Waals surface area contributed by atoms with E-state index in [2.05, 4.69) is 4.98 Å². The topological polar surface area (TPSA) is 57.4 Å². The Morgan fingerprint density at radius 1 is 1.28 bits per heavy atom. The summed E-state index contributed by atoms with van der Waals surface area (Å²) in [5.41, 5.74) is 8.10. The highest BCUT2D eigenvalue weighted by Gasteiger charge is 2.17. The Morgan fingerprint density at radius 2 is 2.06 bits per heavy atom. The molecule has 0 fully saturated rings. The smallest absolute Gasteiger partial charge is 0.161 e. The largest absolute Gasteiger partial charge is 0.486 e. The highest BCUT2D eigenvalue weighted by atomic mass is 32.1. The maximum atomic E-state index is 6.21. The van der Waals surface area contributed by atoms with Gasteiger partial charge in [0.25, 0.3) is 0 Å². The van der Waals surface area contributed by atoms with Gasteiger partial charge in [-0.1, -0.05) is 6.07 Å². The van der Waals surface area contributed by atoms with Gasteiger partial charge in [-0.3, -0.25) is 0 Å². The molecule has 0 saturated carbocycles. The predicted octanol–water partition coefficient (Wildman–Crippen LogP) is 2.27. The van der Waals surface area contributed by atoms with E-state index in [1.54, 1.807) is 11.3 Å². The van der Waals surface area contributed by atoms with Crippen molar-refractivity contribution in [3.8, 4) is 11.5 Å². The molecule has 1 aromatic carbocycles. The molecule has 0 bridgehead atoms. The lowest BCUT2D eigenvalue weighted by Crippen LogP contribution is -2.17. The molecule has 2 heterocycles. The van der Waals surface area contributed by atoms with Gasteiger partial charge in [-0.05, 0) is 24.6 Å². The fraction of sp³-hybridized carbons (Fsp3) is 0.308. The fourth-order valence-electron chi connectivity index (χ4n) is 1.95. The zero-order chi connectivity index (χ0) is 12.5. The molecule has 18 heavy (non-hydrogen) atoms. The van der Waals surface area contributed by atoms with Gasteiger partial charge in [0.15, 0.2) is 11.5 Å². The Morgan fingerprint density at radius 3 is 2.78 bits per heavy atom. The van der Waals surface area contributed by atoms with E-state index in [1.807, 2.05) is 30.5 Å². The molecule has 0 spiro atoms. The fourth-order valence-corrected chi connectivity index (χ4v) is 2.60. The van der Waals surface area contributed by atoms with Crippen LogP contribution < -0.4 is 15.2 Å². The number of aryl methyl sites for hydroxylation is 1. The highest BCUT2D eigenvalue weighted by Crippen LogP contribution is 2.33. The lowest BCUT2D eigenvalue weighted by Gasteiger charge is -2.20. The number of hydrogen-bond donors (Lipinski definition) is 1. The Hall–Kier alpha value is -1.59. The van der Waals surface area contributed by atoms with Crippen LogP contribution in [0.3, 0.4) is 0 Å². The minimum atomic E-state index is -0.217. The van der Waals surface area contributed by atoms with Gasteiger partial charge in [-0.2, -0.15) is 0 Å². The molecule has 3 rings (SSSR count). The third-order valence-electron chi connectivity index (χ3n) is 2.88. The maximum absolute atomic E-state index is 6.21. The van der Waals surface area contributed by atoms with Crippen molar-refractivity contribution in [2.45, 2.75) is 13.0 Å². The van der Waals surface area contributed by atoms with Crippen LogP contribution in [0.15, 0.2) is 23.6 Å². The molecule has 5 heteroatoms. The molecule has 1 aliphatic heterocycles. The first-order valence-corrected chi connectivity index (χ1v) is 6.69. The van der Waals surface area contributed by atoms with Gasteiger partial charge >= 0.3 is 0 Å². The average Bonchev–Trinajstić information content (AvgIpc) is 2.84. The summed E-state index contributed by atoms with van der Waals surface area (Å²) < 4.78 is 11.0. The van der Waals surface area contributed by atoms with Crippen molar-refractivity contribution in [3.63, 3.8) is 0 Å². The third kappa shape index (κ3) is 2.07. The van der Waals surface area contributed by atoms with Gasteiger partial charge < -0.3 is 15.2 Å². The molecule has 0 amide bonds. The molecule has 2 N–H and O–H groups in total. The lowest BCUT2D eigenvalue weighted by atomic mass is 10.0.